The zero-order valence-electron chi connectivity index (χ0n) is 18.3. The van der Waals surface area contributed by atoms with Gasteiger partial charge in [0.05, 0.1) is 19.6 Å². The number of likely N-dealkylation sites (tertiary alicyclic amines) is 1. The largest absolute Gasteiger partial charge is 0.471 e. The standard InChI is InChI=1S/C25H29N5OS/c1-4-10-20(11-5-1)17-30-23(18-29-14-8-3-9-15-29)27-28-25(30)32-19-22-16-26-24(31-22)21-12-6-2-7-13-21/h1-2,4-7,10-13,22H,3,8-9,14-19H2. The Balaban J connectivity index is 1.26. The molecular weight excluding hydrogens is 418 g/mol. The van der Waals surface area contributed by atoms with E-state index in [0.717, 1.165) is 54.4 Å². The monoisotopic (exact) mass is 447 g/mol. The third-order valence-electron chi connectivity index (χ3n) is 5.93. The van der Waals surface area contributed by atoms with Crippen LogP contribution >= 0.6 is 11.8 Å². The first-order chi connectivity index (χ1) is 15.8. The predicted molar refractivity (Wildman–Crippen MR) is 128 cm³/mol. The van der Waals surface area contributed by atoms with Gasteiger partial charge in [0.1, 0.15) is 11.9 Å². The number of aromatic nitrogens is 3. The SMILES string of the molecule is c1ccc(Cn2c(CN3CCCCC3)nnc2SCC2CN=C(c3ccccc3)O2)cc1. The van der Waals surface area contributed by atoms with Gasteiger partial charge in [-0.15, -0.1) is 10.2 Å². The number of rotatable bonds is 8. The number of ether oxygens (including phenoxy) is 1. The highest BCUT2D eigenvalue weighted by Crippen LogP contribution is 2.24. The quantitative estimate of drug-likeness (QED) is 0.483. The van der Waals surface area contributed by atoms with Crippen LogP contribution in [0, 0.1) is 0 Å². The molecular formula is C25H29N5OS. The molecule has 6 nitrogen and oxygen atoms in total. The topological polar surface area (TPSA) is 55.5 Å². The summed E-state index contributed by atoms with van der Waals surface area (Å²) in [6, 6.07) is 20.7. The Bertz CT molecular complexity index is 1030. The average Bonchev–Trinajstić information content (AvgIpc) is 3.47. The fourth-order valence-corrected chi connectivity index (χ4v) is 5.13. The summed E-state index contributed by atoms with van der Waals surface area (Å²) in [6.45, 7) is 4.63. The highest BCUT2D eigenvalue weighted by atomic mass is 32.2. The van der Waals surface area contributed by atoms with Crippen molar-refractivity contribution in [3.8, 4) is 0 Å². The van der Waals surface area contributed by atoms with E-state index in [1.807, 2.05) is 30.3 Å². The molecule has 1 unspecified atom stereocenters. The van der Waals surface area contributed by atoms with Gasteiger partial charge >= 0.3 is 0 Å². The molecule has 1 aromatic heterocycles. The van der Waals surface area contributed by atoms with Crippen molar-refractivity contribution in [2.45, 2.75) is 43.6 Å². The minimum Gasteiger partial charge on any atom is -0.471 e. The molecule has 0 N–H and O–H groups in total. The number of nitrogens with zero attached hydrogens (tertiary/aromatic N) is 5. The van der Waals surface area contributed by atoms with Gasteiger partial charge in [-0.2, -0.15) is 0 Å². The van der Waals surface area contributed by atoms with Crippen LogP contribution in [0.4, 0.5) is 0 Å². The van der Waals surface area contributed by atoms with Crippen LogP contribution in [0.15, 0.2) is 70.8 Å². The highest BCUT2D eigenvalue weighted by molar-refractivity contribution is 7.99. The van der Waals surface area contributed by atoms with Gasteiger partial charge in [0.15, 0.2) is 5.16 Å². The van der Waals surface area contributed by atoms with Crippen LogP contribution < -0.4 is 0 Å². The van der Waals surface area contributed by atoms with Gasteiger partial charge in [0.25, 0.3) is 0 Å². The number of aliphatic imine (C=N–C) groups is 1. The van der Waals surface area contributed by atoms with E-state index in [2.05, 4.69) is 55.0 Å². The number of piperidine rings is 1. The van der Waals surface area contributed by atoms with Gasteiger partial charge in [-0.05, 0) is 43.6 Å². The first kappa shape index (κ1) is 21.2. The molecule has 1 atom stereocenters. The van der Waals surface area contributed by atoms with Gasteiger partial charge in [-0.25, -0.2) is 4.99 Å². The van der Waals surface area contributed by atoms with Crippen LogP contribution in [-0.2, 0) is 17.8 Å². The zero-order valence-corrected chi connectivity index (χ0v) is 19.1. The first-order valence-corrected chi connectivity index (χ1v) is 12.4. The second-order valence-corrected chi connectivity index (χ2v) is 9.36. The fourth-order valence-electron chi connectivity index (χ4n) is 4.20. The summed E-state index contributed by atoms with van der Waals surface area (Å²) in [5.41, 5.74) is 2.30. The van der Waals surface area contributed by atoms with Crippen LogP contribution in [0.2, 0.25) is 0 Å². The van der Waals surface area contributed by atoms with Crippen molar-refractivity contribution in [1.29, 1.82) is 0 Å². The Morgan fingerprint density at radius 1 is 0.875 bits per heavy atom. The Hall–Kier alpha value is -2.64. The van der Waals surface area contributed by atoms with E-state index in [1.54, 1.807) is 11.8 Å². The summed E-state index contributed by atoms with van der Waals surface area (Å²) in [7, 11) is 0. The van der Waals surface area contributed by atoms with E-state index in [-0.39, 0.29) is 6.10 Å². The fraction of sp³-hybridized carbons (Fsp3) is 0.400. The molecule has 2 aromatic carbocycles. The van der Waals surface area contributed by atoms with Crippen molar-refractivity contribution in [1.82, 2.24) is 19.7 Å². The second kappa shape index (κ2) is 10.3. The minimum absolute atomic E-state index is 0.0580. The molecule has 1 fully saturated rings. The number of hydrogen-bond acceptors (Lipinski definition) is 6. The summed E-state index contributed by atoms with van der Waals surface area (Å²) in [6.07, 6.45) is 3.94. The van der Waals surface area contributed by atoms with E-state index in [9.17, 15) is 0 Å². The van der Waals surface area contributed by atoms with Gasteiger partial charge in [-0.3, -0.25) is 4.90 Å². The van der Waals surface area contributed by atoms with Crippen molar-refractivity contribution in [3.05, 3.63) is 77.6 Å². The zero-order chi connectivity index (χ0) is 21.6. The Morgan fingerprint density at radius 3 is 2.41 bits per heavy atom. The number of thioether (sulfide) groups is 1. The maximum Gasteiger partial charge on any atom is 0.216 e. The molecule has 0 bridgehead atoms. The molecule has 166 valence electrons. The maximum absolute atomic E-state index is 6.12. The molecule has 0 aliphatic carbocycles. The normalized spacial score (nSPS) is 19.0. The molecule has 0 saturated carbocycles. The Kier molecular flexibility index (Phi) is 6.84. The lowest BCUT2D eigenvalue weighted by atomic mass is 10.1. The molecule has 1 saturated heterocycles. The van der Waals surface area contributed by atoms with Crippen LogP contribution in [0.3, 0.4) is 0 Å². The van der Waals surface area contributed by atoms with Crippen LogP contribution in [0.5, 0.6) is 0 Å². The third-order valence-corrected chi connectivity index (χ3v) is 7.03. The number of hydrogen-bond donors (Lipinski definition) is 0. The summed E-state index contributed by atoms with van der Waals surface area (Å²) in [5.74, 6) is 2.59. The van der Waals surface area contributed by atoms with E-state index >= 15 is 0 Å². The lowest BCUT2D eigenvalue weighted by molar-refractivity contribution is 0.213. The minimum atomic E-state index is 0.0580. The van der Waals surface area contributed by atoms with Crippen molar-refractivity contribution >= 4 is 17.7 Å². The van der Waals surface area contributed by atoms with Crippen LogP contribution in [-0.4, -0.2) is 57.1 Å². The lowest BCUT2D eigenvalue weighted by Crippen LogP contribution is -2.30. The summed E-state index contributed by atoms with van der Waals surface area (Å²) >= 11 is 1.72. The van der Waals surface area contributed by atoms with Crippen LogP contribution in [0.25, 0.3) is 0 Å². The first-order valence-electron chi connectivity index (χ1n) is 11.4. The Morgan fingerprint density at radius 2 is 1.62 bits per heavy atom. The van der Waals surface area contributed by atoms with Crippen molar-refractivity contribution < 1.29 is 4.74 Å². The molecule has 2 aliphatic heterocycles. The summed E-state index contributed by atoms with van der Waals surface area (Å²) in [5, 5.41) is 10.1. The van der Waals surface area contributed by atoms with Gasteiger partial charge in [-0.1, -0.05) is 66.7 Å². The number of benzene rings is 2. The Labute approximate surface area is 193 Å². The van der Waals surface area contributed by atoms with E-state index in [1.165, 1.54) is 24.8 Å². The average molecular weight is 448 g/mol. The highest BCUT2D eigenvalue weighted by Gasteiger charge is 2.23. The molecule has 32 heavy (non-hydrogen) atoms. The molecule has 2 aliphatic rings. The van der Waals surface area contributed by atoms with Crippen molar-refractivity contribution in [2.75, 3.05) is 25.4 Å². The summed E-state index contributed by atoms with van der Waals surface area (Å²) < 4.78 is 8.40. The van der Waals surface area contributed by atoms with E-state index < -0.39 is 0 Å². The molecule has 7 heteroatoms. The predicted octanol–water partition coefficient (Wildman–Crippen LogP) is 4.25. The third kappa shape index (κ3) is 5.22. The van der Waals surface area contributed by atoms with Gasteiger partial charge in [0, 0.05) is 11.3 Å². The molecule has 0 amide bonds. The van der Waals surface area contributed by atoms with Crippen molar-refractivity contribution in [3.63, 3.8) is 0 Å². The molecule has 0 radical (unpaired) electrons. The molecule has 0 spiro atoms. The molecule has 3 heterocycles. The molecule has 5 rings (SSSR count). The van der Waals surface area contributed by atoms with Gasteiger partial charge < -0.3 is 9.30 Å². The van der Waals surface area contributed by atoms with E-state index in [4.69, 9.17) is 4.74 Å². The second-order valence-electron chi connectivity index (χ2n) is 8.37. The maximum atomic E-state index is 6.12. The smallest absolute Gasteiger partial charge is 0.216 e. The molecule has 3 aromatic rings. The van der Waals surface area contributed by atoms with Gasteiger partial charge in [0.2, 0.25) is 5.90 Å². The van der Waals surface area contributed by atoms with Crippen molar-refractivity contribution in [2.24, 2.45) is 4.99 Å². The lowest BCUT2D eigenvalue weighted by Gasteiger charge is -2.26. The van der Waals surface area contributed by atoms with E-state index in [0.29, 0.717) is 6.54 Å². The summed E-state index contributed by atoms with van der Waals surface area (Å²) in [4.78, 5) is 7.11. The van der Waals surface area contributed by atoms with Crippen LogP contribution in [0.1, 0.15) is 36.2 Å².